The number of halogens is 1. The van der Waals surface area contributed by atoms with E-state index in [1.807, 2.05) is 26.0 Å². The molecule has 0 saturated heterocycles. The number of carbonyl (C=O) groups is 1. The molecule has 0 aliphatic rings. The molecule has 0 bridgehead atoms. The molecule has 1 aromatic carbocycles. The van der Waals surface area contributed by atoms with E-state index in [-0.39, 0.29) is 5.91 Å². The Morgan fingerprint density at radius 1 is 1.20 bits per heavy atom. The van der Waals surface area contributed by atoms with Crippen molar-refractivity contribution in [2.24, 2.45) is 0 Å². The van der Waals surface area contributed by atoms with Gasteiger partial charge in [-0.15, -0.1) is 0 Å². The Bertz CT molecular complexity index is 615. The summed E-state index contributed by atoms with van der Waals surface area (Å²) in [5.74, 6) is 0.575. The van der Waals surface area contributed by atoms with Gasteiger partial charge in [0.2, 0.25) is 0 Å². The van der Waals surface area contributed by atoms with Crippen molar-refractivity contribution in [3.05, 3.63) is 51.6 Å². The molecule has 0 atom stereocenters. The van der Waals surface area contributed by atoms with Crippen molar-refractivity contribution in [2.75, 3.05) is 17.7 Å². The van der Waals surface area contributed by atoms with Crippen molar-refractivity contribution in [3.8, 4) is 0 Å². The molecule has 1 heterocycles. The van der Waals surface area contributed by atoms with Gasteiger partial charge in [0.25, 0.3) is 5.91 Å². The summed E-state index contributed by atoms with van der Waals surface area (Å²) in [6.07, 6.45) is 1.56. The number of hydrogen-bond acceptors (Lipinski definition) is 3. The number of benzene rings is 1. The number of aromatic nitrogens is 1. The van der Waals surface area contributed by atoms with Crippen LogP contribution in [0.5, 0.6) is 0 Å². The second-order valence-electron chi connectivity index (χ2n) is 4.55. The molecule has 0 spiro atoms. The minimum Gasteiger partial charge on any atom is -0.373 e. The van der Waals surface area contributed by atoms with Gasteiger partial charge >= 0.3 is 0 Å². The molecular weight excluding hydrogens is 318 g/mol. The van der Waals surface area contributed by atoms with Crippen molar-refractivity contribution < 1.29 is 4.79 Å². The maximum Gasteiger partial charge on any atom is 0.257 e. The number of rotatable bonds is 3. The first-order valence-electron chi connectivity index (χ1n) is 6.23. The summed E-state index contributed by atoms with van der Waals surface area (Å²) in [7, 11) is 1.79. The lowest BCUT2D eigenvalue weighted by Gasteiger charge is -2.12. The van der Waals surface area contributed by atoms with Crippen LogP contribution >= 0.6 is 15.9 Å². The van der Waals surface area contributed by atoms with Gasteiger partial charge in [-0.1, -0.05) is 15.9 Å². The van der Waals surface area contributed by atoms with Gasteiger partial charge in [-0.2, -0.15) is 0 Å². The maximum atomic E-state index is 12.2. The number of carbonyl (C=O) groups excluding carboxylic acids is 1. The summed E-state index contributed by atoms with van der Waals surface area (Å²) >= 11 is 3.44. The highest BCUT2D eigenvalue weighted by Crippen LogP contribution is 2.25. The smallest absolute Gasteiger partial charge is 0.257 e. The molecule has 0 aliphatic heterocycles. The summed E-state index contributed by atoms with van der Waals surface area (Å²) in [6.45, 7) is 3.94. The van der Waals surface area contributed by atoms with Crippen molar-refractivity contribution in [2.45, 2.75) is 13.8 Å². The number of nitrogens with one attached hydrogen (secondary N) is 2. The fraction of sp³-hybridized carbons (Fsp3) is 0.200. The van der Waals surface area contributed by atoms with Gasteiger partial charge in [0.05, 0.1) is 5.56 Å². The van der Waals surface area contributed by atoms with E-state index in [0.717, 1.165) is 27.1 Å². The second-order valence-corrected chi connectivity index (χ2v) is 5.47. The lowest BCUT2D eigenvalue weighted by molar-refractivity contribution is 0.102. The molecule has 2 N–H and O–H groups in total. The lowest BCUT2D eigenvalue weighted by Crippen LogP contribution is -2.14. The van der Waals surface area contributed by atoms with Crippen LogP contribution in [0.25, 0.3) is 0 Å². The first-order valence-corrected chi connectivity index (χ1v) is 7.02. The molecule has 0 radical (unpaired) electrons. The Labute approximate surface area is 126 Å². The number of hydrogen-bond donors (Lipinski definition) is 2. The zero-order chi connectivity index (χ0) is 14.7. The highest BCUT2D eigenvalue weighted by atomic mass is 79.9. The fourth-order valence-electron chi connectivity index (χ4n) is 1.97. The minimum atomic E-state index is -0.159. The summed E-state index contributed by atoms with van der Waals surface area (Å²) in [5, 5.41) is 5.86. The zero-order valence-corrected chi connectivity index (χ0v) is 13.2. The van der Waals surface area contributed by atoms with E-state index < -0.39 is 0 Å². The molecular formula is C15H16BrN3O. The standard InChI is InChI=1S/C15H16BrN3O/c1-9-6-12(16)7-10(2)14(9)19-15(20)11-4-5-13(17-3)18-8-11/h4-8H,1-3H3,(H,17,18)(H,19,20). The van der Waals surface area contributed by atoms with Crippen LogP contribution < -0.4 is 10.6 Å². The predicted molar refractivity (Wildman–Crippen MR) is 85.4 cm³/mol. The molecule has 2 aromatic rings. The quantitative estimate of drug-likeness (QED) is 0.899. The summed E-state index contributed by atoms with van der Waals surface area (Å²) in [4.78, 5) is 16.4. The fourth-order valence-corrected chi connectivity index (χ4v) is 2.66. The van der Waals surface area contributed by atoms with E-state index in [1.54, 1.807) is 25.4 Å². The van der Waals surface area contributed by atoms with Crippen LogP contribution in [0.3, 0.4) is 0 Å². The lowest BCUT2D eigenvalue weighted by atomic mass is 10.1. The zero-order valence-electron chi connectivity index (χ0n) is 11.6. The van der Waals surface area contributed by atoms with Crippen LogP contribution in [0.4, 0.5) is 11.5 Å². The first-order chi connectivity index (χ1) is 9.51. The Hall–Kier alpha value is -1.88. The summed E-state index contributed by atoms with van der Waals surface area (Å²) in [5.41, 5.74) is 3.41. The molecule has 2 rings (SSSR count). The Balaban J connectivity index is 2.23. The van der Waals surface area contributed by atoms with Gasteiger partial charge in [-0.05, 0) is 49.2 Å². The van der Waals surface area contributed by atoms with Crippen LogP contribution in [-0.2, 0) is 0 Å². The maximum absolute atomic E-state index is 12.2. The number of pyridine rings is 1. The first kappa shape index (κ1) is 14.5. The molecule has 1 amide bonds. The van der Waals surface area contributed by atoms with E-state index in [2.05, 4.69) is 31.5 Å². The van der Waals surface area contributed by atoms with E-state index in [4.69, 9.17) is 0 Å². The van der Waals surface area contributed by atoms with Crippen LogP contribution in [0.15, 0.2) is 34.9 Å². The van der Waals surface area contributed by atoms with E-state index in [9.17, 15) is 4.79 Å². The van der Waals surface area contributed by atoms with E-state index in [0.29, 0.717) is 5.56 Å². The van der Waals surface area contributed by atoms with E-state index >= 15 is 0 Å². The molecule has 20 heavy (non-hydrogen) atoms. The van der Waals surface area contributed by atoms with Gasteiger partial charge in [-0.25, -0.2) is 4.98 Å². The highest BCUT2D eigenvalue weighted by molar-refractivity contribution is 9.10. The average molecular weight is 334 g/mol. The van der Waals surface area contributed by atoms with Crippen LogP contribution in [-0.4, -0.2) is 17.9 Å². The van der Waals surface area contributed by atoms with Gasteiger partial charge in [-0.3, -0.25) is 4.79 Å². The molecule has 0 saturated carbocycles. The van der Waals surface area contributed by atoms with E-state index in [1.165, 1.54) is 0 Å². The summed E-state index contributed by atoms with van der Waals surface area (Å²) < 4.78 is 1.01. The monoisotopic (exact) mass is 333 g/mol. The normalized spacial score (nSPS) is 10.2. The molecule has 1 aromatic heterocycles. The van der Waals surface area contributed by atoms with Gasteiger partial charge in [0, 0.05) is 23.4 Å². The van der Waals surface area contributed by atoms with Crippen molar-refractivity contribution in [3.63, 3.8) is 0 Å². The predicted octanol–water partition coefficient (Wildman–Crippen LogP) is 3.75. The topological polar surface area (TPSA) is 54.0 Å². The molecule has 5 heteroatoms. The average Bonchev–Trinajstić information content (AvgIpc) is 2.42. The third kappa shape index (κ3) is 3.17. The summed E-state index contributed by atoms with van der Waals surface area (Å²) in [6, 6.07) is 7.48. The largest absolute Gasteiger partial charge is 0.373 e. The number of nitrogens with zero attached hydrogens (tertiary/aromatic N) is 1. The van der Waals surface area contributed by atoms with Crippen molar-refractivity contribution in [1.29, 1.82) is 0 Å². The highest BCUT2D eigenvalue weighted by Gasteiger charge is 2.10. The van der Waals surface area contributed by atoms with Crippen LogP contribution in [0, 0.1) is 13.8 Å². The number of aryl methyl sites for hydroxylation is 2. The Morgan fingerprint density at radius 3 is 2.35 bits per heavy atom. The SMILES string of the molecule is CNc1ccc(C(=O)Nc2c(C)cc(Br)cc2C)cn1. The third-order valence-electron chi connectivity index (χ3n) is 3.02. The molecule has 0 fully saturated rings. The molecule has 0 aliphatic carbocycles. The Kier molecular flexibility index (Phi) is 4.39. The van der Waals surface area contributed by atoms with Gasteiger partial charge in [0.1, 0.15) is 5.82 Å². The Morgan fingerprint density at radius 2 is 1.85 bits per heavy atom. The van der Waals surface area contributed by atoms with Gasteiger partial charge < -0.3 is 10.6 Å². The number of anilines is 2. The van der Waals surface area contributed by atoms with Gasteiger partial charge in [0.15, 0.2) is 0 Å². The molecule has 104 valence electrons. The number of amides is 1. The van der Waals surface area contributed by atoms with Crippen molar-refractivity contribution in [1.82, 2.24) is 4.98 Å². The molecule has 4 nitrogen and oxygen atoms in total. The second kappa shape index (κ2) is 6.05. The van der Waals surface area contributed by atoms with Crippen LogP contribution in [0.1, 0.15) is 21.5 Å². The van der Waals surface area contributed by atoms with Crippen LogP contribution in [0.2, 0.25) is 0 Å². The van der Waals surface area contributed by atoms with Crippen molar-refractivity contribution >= 4 is 33.3 Å². The minimum absolute atomic E-state index is 0.159. The molecule has 0 unspecified atom stereocenters. The third-order valence-corrected chi connectivity index (χ3v) is 3.48.